The zero-order valence-electron chi connectivity index (χ0n) is 11.8. The van der Waals surface area contributed by atoms with Crippen LogP contribution < -0.4 is 0 Å². The molecule has 0 unspecified atom stereocenters. The van der Waals surface area contributed by atoms with Gasteiger partial charge in [-0.3, -0.25) is 9.69 Å². The number of carbonyl (C=O) groups is 1. The van der Waals surface area contributed by atoms with Crippen molar-refractivity contribution < 1.29 is 9.53 Å². The molecule has 1 aliphatic carbocycles. The van der Waals surface area contributed by atoms with Crippen molar-refractivity contribution in [2.45, 2.75) is 58.4 Å². The molecule has 1 rings (SSSR count). The maximum atomic E-state index is 11.9. The van der Waals surface area contributed by atoms with Crippen LogP contribution >= 0.6 is 0 Å². The third-order valence-corrected chi connectivity index (χ3v) is 3.99. The molecule has 0 radical (unpaired) electrons. The van der Waals surface area contributed by atoms with Gasteiger partial charge in [0.1, 0.15) is 5.54 Å². The molecule has 0 spiro atoms. The van der Waals surface area contributed by atoms with Gasteiger partial charge in [0.2, 0.25) is 0 Å². The highest BCUT2D eigenvalue weighted by atomic mass is 16.5. The van der Waals surface area contributed by atoms with Gasteiger partial charge in [-0.15, -0.1) is 0 Å². The average Bonchev–Trinajstić information content (AvgIpc) is 2.30. The van der Waals surface area contributed by atoms with Crippen molar-refractivity contribution in [1.82, 2.24) is 4.90 Å². The summed E-state index contributed by atoms with van der Waals surface area (Å²) in [5, 5.41) is 0. The van der Waals surface area contributed by atoms with Gasteiger partial charge in [0.25, 0.3) is 0 Å². The molecule has 0 saturated heterocycles. The monoisotopic (exact) mass is 241 g/mol. The number of esters is 1. The van der Waals surface area contributed by atoms with E-state index in [1.54, 1.807) is 0 Å². The highest BCUT2D eigenvalue weighted by Gasteiger charge is 2.34. The summed E-state index contributed by atoms with van der Waals surface area (Å²) in [5.74, 6) is 0.640. The fraction of sp³-hybridized carbons (Fsp3) is 0.929. The second-order valence-corrected chi connectivity index (χ2v) is 5.66. The summed E-state index contributed by atoms with van der Waals surface area (Å²) in [6, 6.07) is 0. The Kier molecular flexibility index (Phi) is 5.44. The van der Waals surface area contributed by atoms with Crippen LogP contribution in [0.1, 0.15) is 52.9 Å². The van der Waals surface area contributed by atoms with Gasteiger partial charge >= 0.3 is 5.97 Å². The first-order valence-corrected chi connectivity index (χ1v) is 6.87. The second-order valence-electron chi connectivity index (χ2n) is 5.66. The predicted octanol–water partition coefficient (Wildman–Crippen LogP) is 2.84. The van der Waals surface area contributed by atoms with E-state index in [0.29, 0.717) is 6.61 Å². The van der Waals surface area contributed by atoms with Crippen LogP contribution in [-0.2, 0) is 9.53 Å². The van der Waals surface area contributed by atoms with Gasteiger partial charge in [-0.1, -0.05) is 19.3 Å². The lowest BCUT2D eigenvalue weighted by molar-refractivity contribution is -0.155. The van der Waals surface area contributed by atoms with Crippen molar-refractivity contribution in [3.05, 3.63) is 0 Å². The number of rotatable bonds is 5. The van der Waals surface area contributed by atoms with E-state index in [9.17, 15) is 4.79 Å². The Morgan fingerprint density at radius 2 is 1.88 bits per heavy atom. The van der Waals surface area contributed by atoms with Gasteiger partial charge in [-0.25, -0.2) is 0 Å². The smallest absolute Gasteiger partial charge is 0.325 e. The van der Waals surface area contributed by atoms with Crippen LogP contribution in [0, 0.1) is 5.92 Å². The molecule has 0 aliphatic heterocycles. The molecular formula is C14H27NO2. The molecule has 0 heterocycles. The van der Waals surface area contributed by atoms with Gasteiger partial charge in [-0.2, -0.15) is 0 Å². The lowest BCUT2D eigenvalue weighted by Gasteiger charge is -2.36. The number of ether oxygens (including phenoxy) is 1. The van der Waals surface area contributed by atoms with Gasteiger partial charge < -0.3 is 4.74 Å². The van der Waals surface area contributed by atoms with Crippen LogP contribution in [0.25, 0.3) is 0 Å². The molecule has 0 amide bonds. The zero-order chi connectivity index (χ0) is 12.9. The van der Waals surface area contributed by atoms with E-state index in [4.69, 9.17) is 4.74 Å². The Balaban J connectivity index is 2.48. The summed E-state index contributed by atoms with van der Waals surface area (Å²) in [7, 11) is 2.03. The summed E-state index contributed by atoms with van der Waals surface area (Å²) >= 11 is 0. The molecule has 0 bridgehead atoms. The van der Waals surface area contributed by atoms with E-state index in [0.717, 1.165) is 12.5 Å². The fourth-order valence-corrected chi connectivity index (χ4v) is 2.45. The molecule has 17 heavy (non-hydrogen) atoms. The van der Waals surface area contributed by atoms with Crippen molar-refractivity contribution in [3.8, 4) is 0 Å². The number of hydrogen-bond donors (Lipinski definition) is 0. The van der Waals surface area contributed by atoms with Crippen LogP contribution in [-0.4, -0.2) is 36.6 Å². The van der Waals surface area contributed by atoms with Gasteiger partial charge in [0.05, 0.1) is 6.61 Å². The Morgan fingerprint density at radius 3 is 2.41 bits per heavy atom. The Bertz CT molecular complexity index is 245. The van der Waals surface area contributed by atoms with E-state index in [1.807, 2.05) is 27.8 Å². The Hall–Kier alpha value is -0.570. The van der Waals surface area contributed by atoms with Crippen molar-refractivity contribution in [1.29, 1.82) is 0 Å². The maximum absolute atomic E-state index is 11.9. The summed E-state index contributed by atoms with van der Waals surface area (Å²) in [6.07, 6.45) is 6.69. The number of nitrogens with zero attached hydrogens (tertiary/aromatic N) is 1. The van der Waals surface area contributed by atoms with E-state index >= 15 is 0 Å². The summed E-state index contributed by atoms with van der Waals surface area (Å²) in [5.41, 5.74) is -0.506. The Labute approximate surface area is 106 Å². The minimum absolute atomic E-state index is 0.113. The predicted molar refractivity (Wildman–Crippen MR) is 69.9 cm³/mol. The summed E-state index contributed by atoms with van der Waals surface area (Å²) in [4.78, 5) is 14.0. The first-order chi connectivity index (χ1) is 7.98. The quantitative estimate of drug-likeness (QED) is 0.693. The van der Waals surface area contributed by atoms with Crippen LogP contribution in [0.5, 0.6) is 0 Å². The molecule has 0 N–H and O–H groups in total. The van der Waals surface area contributed by atoms with Crippen LogP contribution in [0.3, 0.4) is 0 Å². The zero-order valence-corrected chi connectivity index (χ0v) is 11.8. The number of carbonyl (C=O) groups excluding carboxylic acids is 1. The van der Waals surface area contributed by atoms with Crippen molar-refractivity contribution in [3.63, 3.8) is 0 Å². The van der Waals surface area contributed by atoms with Gasteiger partial charge in [0, 0.05) is 6.54 Å². The van der Waals surface area contributed by atoms with Crippen LogP contribution in [0.15, 0.2) is 0 Å². The molecule has 3 nitrogen and oxygen atoms in total. The minimum Gasteiger partial charge on any atom is -0.465 e. The maximum Gasteiger partial charge on any atom is 0.325 e. The topological polar surface area (TPSA) is 29.5 Å². The molecule has 1 aliphatic rings. The Morgan fingerprint density at radius 1 is 1.29 bits per heavy atom. The van der Waals surface area contributed by atoms with Crippen molar-refractivity contribution in [2.24, 2.45) is 5.92 Å². The lowest BCUT2D eigenvalue weighted by Crippen LogP contribution is -2.50. The SMILES string of the molecule is CCOC(=O)C(C)(C)N(C)CC1CCCCC1. The average molecular weight is 241 g/mol. The minimum atomic E-state index is -0.506. The largest absolute Gasteiger partial charge is 0.465 e. The van der Waals surface area contributed by atoms with Crippen molar-refractivity contribution >= 4 is 5.97 Å². The second kappa shape index (κ2) is 6.39. The first kappa shape index (κ1) is 14.5. The molecule has 100 valence electrons. The van der Waals surface area contributed by atoms with Crippen molar-refractivity contribution in [2.75, 3.05) is 20.2 Å². The molecule has 0 atom stereocenters. The molecular weight excluding hydrogens is 214 g/mol. The molecule has 1 fully saturated rings. The summed E-state index contributed by atoms with van der Waals surface area (Å²) in [6.45, 7) is 7.22. The lowest BCUT2D eigenvalue weighted by atomic mass is 9.88. The normalized spacial score (nSPS) is 18.4. The molecule has 0 aromatic heterocycles. The molecule has 3 heteroatoms. The van der Waals surface area contributed by atoms with Gasteiger partial charge in [-0.05, 0) is 46.6 Å². The summed E-state index contributed by atoms with van der Waals surface area (Å²) < 4.78 is 5.14. The third kappa shape index (κ3) is 3.98. The number of hydrogen-bond acceptors (Lipinski definition) is 3. The van der Waals surface area contributed by atoms with Gasteiger partial charge in [0.15, 0.2) is 0 Å². The van der Waals surface area contributed by atoms with E-state index in [-0.39, 0.29) is 5.97 Å². The third-order valence-electron chi connectivity index (χ3n) is 3.99. The standard InChI is InChI=1S/C14H27NO2/c1-5-17-13(16)14(2,3)15(4)11-12-9-7-6-8-10-12/h12H,5-11H2,1-4H3. The highest BCUT2D eigenvalue weighted by Crippen LogP contribution is 2.26. The molecule has 1 saturated carbocycles. The van der Waals surface area contributed by atoms with Crippen LogP contribution in [0.2, 0.25) is 0 Å². The molecule has 0 aromatic rings. The number of likely N-dealkylation sites (N-methyl/N-ethyl adjacent to an activating group) is 1. The fourth-order valence-electron chi connectivity index (χ4n) is 2.45. The van der Waals surface area contributed by atoms with E-state index in [2.05, 4.69) is 4.90 Å². The van der Waals surface area contributed by atoms with Crippen LogP contribution in [0.4, 0.5) is 0 Å². The van der Waals surface area contributed by atoms with E-state index < -0.39 is 5.54 Å². The van der Waals surface area contributed by atoms with E-state index in [1.165, 1.54) is 32.1 Å². The first-order valence-electron chi connectivity index (χ1n) is 6.87. The highest BCUT2D eigenvalue weighted by molar-refractivity contribution is 5.79. The molecule has 0 aromatic carbocycles.